The van der Waals surface area contributed by atoms with Gasteiger partial charge in [0.1, 0.15) is 19.1 Å². The Labute approximate surface area is 157 Å². The summed E-state index contributed by atoms with van der Waals surface area (Å²) in [6, 6.07) is 8.70. The van der Waals surface area contributed by atoms with Gasteiger partial charge in [0.2, 0.25) is 0 Å². The third-order valence-electron chi connectivity index (χ3n) is 3.74. The Morgan fingerprint density at radius 1 is 1.22 bits per heavy atom. The number of pyridine rings is 1. The van der Waals surface area contributed by atoms with Crippen molar-refractivity contribution in [1.82, 2.24) is 14.5 Å². The molecule has 0 saturated heterocycles. The highest BCUT2D eigenvalue weighted by Gasteiger charge is 2.28. The molecule has 6 nitrogen and oxygen atoms in total. The molecule has 0 aliphatic rings. The number of ether oxygens (including phenoxy) is 1. The number of aromatic nitrogens is 3. The van der Waals surface area contributed by atoms with Gasteiger partial charge < -0.3 is 14.0 Å². The Morgan fingerprint density at radius 3 is 2.74 bits per heavy atom. The van der Waals surface area contributed by atoms with E-state index in [0.29, 0.717) is 16.4 Å². The molecule has 0 bridgehead atoms. The lowest BCUT2D eigenvalue weighted by Gasteiger charge is -2.13. The van der Waals surface area contributed by atoms with Gasteiger partial charge in [0, 0.05) is 11.8 Å². The second-order valence-corrected chi connectivity index (χ2v) is 6.35. The third-order valence-corrected chi connectivity index (χ3v) is 4.44. The molecule has 0 radical (unpaired) electrons. The highest BCUT2D eigenvalue weighted by atomic mass is 32.2. The second kappa shape index (κ2) is 8.15. The number of aliphatic hydroxyl groups excluding tert-OH is 1. The summed E-state index contributed by atoms with van der Waals surface area (Å²) >= 11 is 0.955. The van der Waals surface area contributed by atoms with Crippen LogP contribution in [0.25, 0.3) is 11.0 Å². The molecule has 0 amide bonds. The van der Waals surface area contributed by atoms with Crippen LogP contribution >= 0.6 is 12.0 Å². The molecule has 144 valence electrons. The van der Waals surface area contributed by atoms with E-state index in [1.807, 2.05) is 24.3 Å². The number of halogens is 3. The van der Waals surface area contributed by atoms with Crippen molar-refractivity contribution < 1.29 is 27.2 Å². The topological polar surface area (TPSA) is 69.4 Å². The first-order valence-corrected chi connectivity index (χ1v) is 8.63. The lowest BCUT2D eigenvalue weighted by Crippen LogP contribution is -2.19. The quantitative estimate of drug-likeness (QED) is 0.609. The molecule has 1 N–H and O–H groups in total. The first kappa shape index (κ1) is 19.5. The zero-order valence-electron chi connectivity index (χ0n) is 14.2. The van der Waals surface area contributed by atoms with Gasteiger partial charge in [0.05, 0.1) is 28.8 Å². The van der Waals surface area contributed by atoms with Crippen molar-refractivity contribution in [3.8, 4) is 5.75 Å². The molecule has 0 aliphatic carbocycles. The fourth-order valence-corrected chi connectivity index (χ4v) is 3.07. The summed E-state index contributed by atoms with van der Waals surface area (Å²) in [6.07, 6.45) is -3.05. The third kappa shape index (κ3) is 4.71. The van der Waals surface area contributed by atoms with Crippen molar-refractivity contribution in [3.05, 3.63) is 47.8 Å². The molecule has 0 unspecified atom stereocenters. The molecule has 1 aromatic carbocycles. The number of hydrogen-bond donors (Lipinski definition) is 1. The van der Waals surface area contributed by atoms with Crippen molar-refractivity contribution in [3.63, 3.8) is 0 Å². The van der Waals surface area contributed by atoms with Gasteiger partial charge in [-0.05, 0) is 25.1 Å². The number of fused-ring (bicyclic) bond motifs is 1. The Kier molecular flexibility index (Phi) is 5.88. The fraction of sp³-hybridized carbons (Fsp3) is 0.294. The predicted octanol–water partition coefficient (Wildman–Crippen LogP) is 3.85. The van der Waals surface area contributed by atoms with E-state index in [1.165, 1.54) is 12.3 Å². The van der Waals surface area contributed by atoms with Gasteiger partial charge in [-0.3, -0.25) is 9.55 Å². The fourth-order valence-electron chi connectivity index (χ4n) is 2.41. The lowest BCUT2D eigenvalue weighted by atomic mass is 10.2. The molecule has 0 fully saturated rings. The van der Waals surface area contributed by atoms with Gasteiger partial charge in [0.15, 0.2) is 11.8 Å². The monoisotopic (exact) mass is 399 g/mol. The minimum atomic E-state index is -4.41. The molecular weight excluding hydrogens is 383 g/mol. The first-order valence-electron chi connectivity index (χ1n) is 7.88. The summed E-state index contributed by atoms with van der Waals surface area (Å²) in [6.45, 7) is 0.0249. The molecule has 10 heteroatoms. The first-order chi connectivity index (χ1) is 12.9. The van der Waals surface area contributed by atoms with Crippen LogP contribution in [0.4, 0.5) is 13.2 Å². The zero-order valence-corrected chi connectivity index (χ0v) is 15.0. The smallest absolute Gasteiger partial charge is 0.422 e. The molecule has 0 saturated carbocycles. The Hall–Kier alpha value is -2.30. The van der Waals surface area contributed by atoms with Gasteiger partial charge in [0.25, 0.3) is 0 Å². The van der Waals surface area contributed by atoms with Gasteiger partial charge >= 0.3 is 6.18 Å². The molecule has 3 rings (SSSR count). The average Bonchev–Trinajstić information content (AvgIpc) is 2.98. The van der Waals surface area contributed by atoms with E-state index in [-0.39, 0.29) is 19.1 Å². The van der Waals surface area contributed by atoms with Crippen molar-refractivity contribution in [2.75, 3.05) is 6.61 Å². The molecule has 0 atom stereocenters. The van der Waals surface area contributed by atoms with Crippen molar-refractivity contribution >= 4 is 23.1 Å². The second-order valence-electron chi connectivity index (χ2n) is 5.58. The average molecular weight is 399 g/mol. The van der Waals surface area contributed by atoms with Gasteiger partial charge in [-0.2, -0.15) is 13.2 Å². The minimum absolute atomic E-state index is 0.0361. The van der Waals surface area contributed by atoms with E-state index in [4.69, 9.17) is 8.92 Å². The van der Waals surface area contributed by atoms with Crippen LogP contribution in [-0.2, 0) is 17.5 Å². The van der Waals surface area contributed by atoms with Crippen LogP contribution in [-0.4, -0.2) is 32.4 Å². The number of alkyl halides is 3. The highest BCUT2D eigenvalue weighted by Crippen LogP contribution is 2.27. The summed E-state index contributed by atoms with van der Waals surface area (Å²) in [5.74, 6) is 0.105. The maximum absolute atomic E-state index is 12.3. The standard InChI is InChI=1S/C17H16F3N3O3S/c1-11-13(21-7-6-15(11)25-9-17(18,19)20)8-26-27-16-22-12-4-2-3-5-14(12)23(16)10-24/h2-7,24H,8-10H2,1H3. The molecule has 2 aromatic heterocycles. The van der Waals surface area contributed by atoms with E-state index in [9.17, 15) is 18.3 Å². The molecule has 0 spiro atoms. The lowest BCUT2D eigenvalue weighted by molar-refractivity contribution is -0.153. The summed E-state index contributed by atoms with van der Waals surface area (Å²) in [4.78, 5) is 8.51. The largest absolute Gasteiger partial charge is 0.484 e. The number of rotatable bonds is 7. The maximum Gasteiger partial charge on any atom is 0.422 e. The van der Waals surface area contributed by atoms with Crippen molar-refractivity contribution in [2.24, 2.45) is 0 Å². The summed E-state index contributed by atoms with van der Waals surface area (Å²) in [5.41, 5.74) is 2.41. The number of para-hydroxylation sites is 2. The SMILES string of the molecule is Cc1c(OCC(F)(F)F)ccnc1COSc1nc2ccccc2n1CO. The predicted molar refractivity (Wildman–Crippen MR) is 93.1 cm³/mol. The normalized spacial score (nSPS) is 11.9. The molecule has 2 heterocycles. The highest BCUT2D eigenvalue weighted by molar-refractivity contribution is 7.94. The van der Waals surface area contributed by atoms with E-state index < -0.39 is 12.8 Å². The number of nitrogens with zero attached hydrogens (tertiary/aromatic N) is 3. The van der Waals surface area contributed by atoms with E-state index in [1.54, 1.807) is 11.5 Å². The van der Waals surface area contributed by atoms with Crippen LogP contribution in [0.2, 0.25) is 0 Å². The van der Waals surface area contributed by atoms with E-state index >= 15 is 0 Å². The van der Waals surface area contributed by atoms with Crippen LogP contribution in [0.1, 0.15) is 11.3 Å². The van der Waals surface area contributed by atoms with Crippen LogP contribution < -0.4 is 4.74 Å². The number of benzene rings is 1. The summed E-state index contributed by atoms with van der Waals surface area (Å²) in [7, 11) is 0. The number of aliphatic hydroxyl groups is 1. The Balaban J connectivity index is 1.67. The van der Waals surface area contributed by atoms with E-state index in [0.717, 1.165) is 23.1 Å². The zero-order chi connectivity index (χ0) is 19.4. The van der Waals surface area contributed by atoms with Gasteiger partial charge in [-0.15, -0.1) is 0 Å². The Morgan fingerprint density at radius 2 is 2.00 bits per heavy atom. The van der Waals surface area contributed by atoms with Gasteiger partial charge in [-0.25, -0.2) is 4.98 Å². The van der Waals surface area contributed by atoms with Crippen LogP contribution in [0.3, 0.4) is 0 Å². The number of imidazole rings is 1. The van der Waals surface area contributed by atoms with E-state index in [2.05, 4.69) is 9.97 Å². The molecule has 27 heavy (non-hydrogen) atoms. The Bertz CT molecular complexity index is 931. The van der Waals surface area contributed by atoms with Crippen molar-refractivity contribution in [2.45, 2.75) is 31.6 Å². The van der Waals surface area contributed by atoms with Crippen LogP contribution in [0, 0.1) is 6.92 Å². The molecular formula is C17H16F3N3O3S. The van der Waals surface area contributed by atoms with Crippen LogP contribution in [0.15, 0.2) is 41.7 Å². The molecule has 3 aromatic rings. The summed E-state index contributed by atoms with van der Waals surface area (Å²) in [5, 5.41) is 10.0. The summed E-state index contributed by atoms with van der Waals surface area (Å²) < 4.78 is 48.9. The van der Waals surface area contributed by atoms with Crippen LogP contribution in [0.5, 0.6) is 5.75 Å². The molecule has 0 aliphatic heterocycles. The minimum Gasteiger partial charge on any atom is -0.484 e. The van der Waals surface area contributed by atoms with Crippen molar-refractivity contribution in [1.29, 1.82) is 0 Å². The maximum atomic E-state index is 12.3. The number of hydrogen-bond acceptors (Lipinski definition) is 6. The van der Waals surface area contributed by atoms with Gasteiger partial charge in [-0.1, -0.05) is 12.1 Å².